The molecule has 0 bridgehead atoms. The van der Waals surface area contributed by atoms with Crippen LogP contribution >= 0.6 is 0 Å². The lowest BCUT2D eigenvalue weighted by atomic mass is 10.2. The fraction of sp³-hybridized carbons (Fsp3) is 0.692. The maximum Gasteiger partial charge on any atom is 0.466 e. The minimum Gasteiger partial charge on any atom is -0.410 e. The van der Waals surface area contributed by atoms with Crippen LogP contribution in [0.5, 0.6) is 0 Å². The monoisotopic (exact) mass is 445 g/mol. The Kier molecular flexibility index (Phi) is 8.48. The summed E-state index contributed by atoms with van der Waals surface area (Å²) >= 11 is 0. The smallest absolute Gasteiger partial charge is 0.410 e. The van der Waals surface area contributed by atoms with Gasteiger partial charge in [0, 0.05) is 13.1 Å². The van der Waals surface area contributed by atoms with E-state index in [0.717, 1.165) is 0 Å². The van der Waals surface area contributed by atoms with Gasteiger partial charge >= 0.3 is 39.2 Å². The average molecular weight is 445 g/mol. The molecular weight excluding hydrogens is 428 g/mol. The molecule has 0 saturated carbocycles. The van der Waals surface area contributed by atoms with Crippen molar-refractivity contribution in [3.63, 3.8) is 0 Å². The number of ether oxygens (including phenoxy) is 2. The summed E-state index contributed by atoms with van der Waals surface area (Å²) < 4.78 is 117. The lowest BCUT2D eigenvalue weighted by Gasteiger charge is -2.36. The molecule has 0 spiro atoms. The van der Waals surface area contributed by atoms with E-state index >= 15 is 0 Å². The van der Waals surface area contributed by atoms with Crippen LogP contribution in [0.3, 0.4) is 0 Å². The van der Waals surface area contributed by atoms with E-state index in [2.05, 4.69) is 16.1 Å². The molecule has 1 amide bonds. The van der Waals surface area contributed by atoms with E-state index in [9.17, 15) is 44.3 Å². The van der Waals surface area contributed by atoms with Crippen LogP contribution in [0.15, 0.2) is 12.4 Å². The standard InChI is InChI=1S/C13H17F6NO7S/c1-4-20(5-2)10(22)12(13(17,18)19,27-9(21)8(3)14)26-7-6-11(15,16)28(23,24)25/h3-7H2,1-2H3,(H,23,24,25). The zero-order chi connectivity index (χ0) is 22.6. The summed E-state index contributed by atoms with van der Waals surface area (Å²) in [5.74, 6) is -11.0. The van der Waals surface area contributed by atoms with Crippen molar-refractivity contribution < 1.29 is 58.4 Å². The molecular formula is C13H17F6NO7S. The molecule has 0 aromatic carbocycles. The molecule has 1 atom stereocenters. The van der Waals surface area contributed by atoms with Crippen LogP contribution in [0, 0.1) is 0 Å². The van der Waals surface area contributed by atoms with Crippen molar-refractivity contribution in [2.24, 2.45) is 0 Å². The Morgan fingerprint density at radius 1 is 1.11 bits per heavy atom. The van der Waals surface area contributed by atoms with E-state index in [-0.39, 0.29) is 13.1 Å². The SMILES string of the molecule is C=C(F)C(=O)OC(OCCC(F)(F)S(=O)(=O)O)(C(=O)N(CC)CC)C(F)(F)F. The zero-order valence-electron chi connectivity index (χ0n) is 14.6. The van der Waals surface area contributed by atoms with Crippen molar-refractivity contribution in [2.75, 3.05) is 19.7 Å². The number of hydrogen-bond acceptors (Lipinski definition) is 6. The normalized spacial score (nSPS) is 14.9. The van der Waals surface area contributed by atoms with Gasteiger partial charge in [-0.25, -0.2) is 4.79 Å². The summed E-state index contributed by atoms with van der Waals surface area (Å²) in [4.78, 5) is 24.0. The third-order valence-corrected chi connectivity index (χ3v) is 4.20. The first kappa shape index (κ1) is 26.1. The van der Waals surface area contributed by atoms with E-state index in [1.165, 1.54) is 13.8 Å². The second-order valence-corrected chi connectivity index (χ2v) is 6.64. The number of amides is 1. The number of alkyl halides is 5. The molecule has 0 aliphatic rings. The molecule has 164 valence electrons. The minimum atomic E-state index is -6.01. The highest BCUT2D eigenvalue weighted by Crippen LogP contribution is 2.38. The van der Waals surface area contributed by atoms with Crippen LogP contribution < -0.4 is 0 Å². The van der Waals surface area contributed by atoms with Gasteiger partial charge in [0.1, 0.15) is 0 Å². The number of nitrogens with zero attached hydrogens (tertiary/aromatic N) is 1. The van der Waals surface area contributed by atoms with E-state index < -0.39 is 58.1 Å². The molecule has 0 fully saturated rings. The van der Waals surface area contributed by atoms with Gasteiger partial charge in [0.25, 0.3) is 0 Å². The minimum absolute atomic E-state index is 0.369. The second-order valence-electron chi connectivity index (χ2n) is 5.10. The molecule has 15 heteroatoms. The Labute approximate surface area is 155 Å². The van der Waals surface area contributed by atoms with Crippen LogP contribution in [0.25, 0.3) is 0 Å². The van der Waals surface area contributed by atoms with Gasteiger partial charge in [0.2, 0.25) is 5.83 Å². The highest BCUT2D eigenvalue weighted by Gasteiger charge is 2.67. The Hall–Kier alpha value is -1.87. The van der Waals surface area contributed by atoms with Crippen LogP contribution in [-0.4, -0.2) is 66.7 Å². The molecule has 0 aromatic rings. The number of rotatable bonds is 10. The van der Waals surface area contributed by atoms with Gasteiger partial charge in [-0.05, 0) is 13.8 Å². The predicted octanol–water partition coefficient (Wildman–Crippen LogP) is 2.03. The molecule has 0 aromatic heterocycles. The van der Waals surface area contributed by atoms with Crippen molar-refractivity contribution >= 4 is 22.0 Å². The number of carbonyl (C=O) groups is 2. The maximum atomic E-state index is 13.6. The van der Waals surface area contributed by atoms with Crippen LogP contribution in [0.1, 0.15) is 20.3 Å². The molecule has 1 unspecified atom stereocenters. The number of carbonyl (C=O) groups excluding carboxylic acids is 2. The Bertz CT molecular complexity index is 705. The second kappa shape index (κ2) is 9.09. The molecule has 0 aliphatic carbocycles. The van der Waals surface area contributed by atoms with E-state index in [1.807, 2.05) is 0 Å². The highest BCUT2D eigenvalue weighted by molar-refractivity contribution is 7.86. The molecule has 0 heterocycles. The van der Waals surface area contributed by atoms with Crippen molar-refractivity contribution in [1.29, 1.82) is 0 Å². The topological polar surface area (TPSA) is 110 Å². The van der Waals surface area contributed by atoms with Crippen LogP contribution in [0.4, 0.5) is 26.3 Å². The van der Waals surface area contributed by atoms with Crippen molar-refractivity contribution in [3.05, 3.63) is 12.4 Å². The highest BCUT2D eigenvalue weighted by atomic mass is 32.2. The first-order valence-corrected chi connectivity index (χ1v) is 8.83. The third kappa shape index (κ3) is 5.81. The van der Waals surface area contributed by atoms with Gasteiger partial charge in [-0.1, -0.05) is 6.58 Å². The summed E-state index contributed by atoms with van der Waals surface area (Å²) in [7, 11) is -6.01. The van der Waals surface area contributed by atoms with E-state index in [1.54, 1.807) is 0 Å². The molecule has 0 rings (SSSR count). The fourth-order valence-electron chi connectivity index (χ4n) is 1.74. The van der Waals surface area contributed by atoms with Gasteiger partial charge in [-0.15, -0.1) is 0 Å². The lowest BCUT2D eigenvalue weighted by Crippen LogP contribution is -2.62. The molecule has 1 N–H and O–H groups in total. The number of likely N-dealkylation sites (N-methyl/N-ethyl adjacent to an activating group) is 1. The number of halogens is 6. The lowest BCUT2D eigenvalue weighted by molar-refractivity contribution is -0.351. The molecule has 0 saturated heterocycles. The predicted molar refractivity (Wildman–Crippen MR) is 80.1 cm³/mol. The summed E-state index contributed by atoms with van der Waals surface area (Å²) in [5, 5.41) is -4.93. The first-order valence-electron chi connectivity index (χ1n) is 7.39. The molecule has 8 nitrogen and oxygen atoms in total. The Balaban J connectivity index is 6.09. The van der Waals surface area contributed by atoms with E-state index in [4.69, 9.17) is 4.55 Å². The quantitative estimate of drug-likeness (QED) is 0.180. The Morgan fingerprint density at radius 2 is 1.57 bits per heavy atom. The Morgan fingerprint density at radius 3 is 1.89 bits per heavy atom. The number of esters is 1. The third-order valence-electron chi connectivity index (χ3n) is 3.24. The van der Waals surface area contributed by atoms with Crippen LogP contribution in [-0.2, 0) is 29.2 Å². The average Bonchev–Trinajstić information content (AvgIpc) is 2.52. The first-order chi connectivity index (χ1) is 12.5. The van der Waals surface area contributed by atoms with Gasteiger partial charge < -0.3 is 14.4 Å². The summed E-state index contributed by atoms with van der Waals surface area (Å²) in [6.07, 6.45) is -7.92. The zero-order valence-corrected chi connectivity index (χ0v) is 15.4. The fourth-order valence-corrected chi connectivity index (χ4v) is 2.08. The van der Waals surface area contributed by atoms with Gasteiger partial charge in [0.15, 0.2) is 0 Å². The van der Waals surface area contributed by atoms with Gasteiger partial charge in [-0.2, -0.15) is 34.8 Å². The van der Waals surface area contributed by atoms with E-state index in [0.29, 0.717) is 4.90 Å². The maximum absolute atomic E-state index is 13.6. The summed E-state index contributed by atoms with van der Waals surface area (Å²) in [6, 6.07) is 0. The van der Waals surface area contributed by atoms with Crippen molar-refractivity contribution in [3.8, 4) is 0 Å². The van der Waals surface area contributed by atoms with Gasteiger partial charge in [-0.3, -0.25) is 9.35 Å². The number of hydrogen-bond donors (Lipinski definition) is 1. The van der Waals surface area contributed by atoms with Crippen LogP contribution in [0.2, 0.25) is 0 Å². The summed E-state index contributed by atoms with van der Waals surface area (Å²) in [5.41, 5.74) is 0. The largest absolute Gasteiger partial charge is 0.466 e. The van der Waals surface area contributed by atoms with Gasteiger partial charge in [0.05, 0.1) is 13.0 Å². The molecule has 0 radical (unpaired) electrons. The molecule has 28 heavy (non-hydrogen) atoms. The molecule has 0 aliphatic heterocycles. The summed E-state index contributed by atoms with van der Waals surface area (Å²) in [6.45, 7) is 2.28. The van der Waals surface area contributed by atoms with Crippen molar-refractivity contribution in [1.82, 2.24) is 4.90 Å². The van der Waals surface area contributed by atoms with Crippen molar-refractivity contribution in [2.45, 2.75) is 37.5 Å².